The molecule has 0 saturated heterocycles. The summed E-state index contributed by atoms with van der Waals surface area (Å²) in [6.45, 7) is 1.98. The average Bonchev–Trinajstić information content (AvgIpc) is 2.59. The van der Waals surface area contributed by atoms with Crippen LogP contribution in [-0.4, -0.2) is 4.98 Å². The molecule has 0 amide bonds. The fraction of sp³-hybridized carbons (Fsp3) is 0.100. The van der Waals surface area contributed by atoms with Crippen LogP contribution in [0.1, 0.15) is 5.56 Å². The molecule has 5 heteroatoms. The number of aromatic nitrogens is 1. The number of anilines is 2. The normalized spacial score (nSPS) is 10.3. The van der Waals surface area contributed by atoms with E-state index < -0.39 is 0 Å². The lowest BCUT2D eigenvalue weighted by Gasteiger charge is -2.07. The number of rotatable bonds is 2. The highest BCUT2D eigenvalue weighted by atomic mass is 79.9. The Hall–Kier alpha value is -0.580. The minimum Gasteiger partial charge on any atom is -0.331 e. The highest BCUT2D eigenvalue weighted by molar-refractivity contribution is 9.10. The predicted octanol–water partition coefficient (Wildman–Crippen LogP) is 4.61. The molecule has 0 atom stereocenters. The molecule has 0 bridgehead atoms. The van der Waals surface area contributed by atoms with Crippen molar-refractivity contribution in [3.63, 3.8) is 0 Å². The van der Waals surface area contributed by atoms with Gasteiger partial charge < -0.3 is 5.32 Å². The highest BCUT2D eigenvalue weighted by Gasteiger charge is 2.04. The minimum absolute atomic E-state index is 0.760. The van der Waals surface area contributed by atoms with Crippen molar-refractivity contribution in [3.05, 3.63) is 38.8 Å². The molecule has 15 heavy (non-hydrogen) atoms. The van der Waals surface area contributed by atoms with Crippen molar-refractivity contribution in [2.45, 2.75) is 6.92 Å². The summed E-state index contributed by atoms with van der Waals surface area (Å²) in [4.78, 5) is 4.26. The van der Waals surface area contributed by atoms with Crippen LogP contribution >= 0.6 is 38.9 Å². The number of benzene rings is 1. The van der Waals surface area contributed by atoms with E-state index in [-0.39, 0.29) is 0 Å². The first kappa shape index (κ1) is 10.9. The third-order valence-corrected chi connectivity index (χ3v) is 3.86. The molecule has 0 spiro atoms. The Morgan fingerprint density at radius 3 is 2.93 bits per heavy atom. The van der Waals surface area contributed by atoms with E-state index in [9.17, 15) is 0 Å². The van der Waals surface area contributed by atoms with Crippen LogP contribution in [0.4, 0.5) is 10.8 Å². The van der Waals surface area contributed by atoms with E-state index in [1.807, 2.05) is 30.5 Å². The first-order valence-corrected chi connectivity index (χ1v) is 6.35. The molecule has 1 aromatic carbocycles. The van der Waals surface area contributed by atoms with Crippen LogP contribution in [0.2, 0.25) is 5.02 Å². The topological polar surface area (TPSA) is 24.9 Å². The first-order valence-electron chi connectivity index (χ1n) is 4.30. The third-order valence-electron chi connectivity index (χ3n) is 1.99. The molecule has 1 aromatic heterocycles. The smallest absolute Gasteiger partial charge is 0.188 e. The largest absolute Gasteiger partial charge is 0.331 e. The Bertz CT molecular complexity index is 484. The zero-order chi connectivity index (χ0) is 10.8. The second-order valence-corrected chi connectivity index (χ2v) is 5.09. The second-order valence-electron chi connectivity index (χ2n) is 3.01. The van der Waals surface area contributed by atoms with E-state index in [2.05, 4.69) is 26.2 Å². The van der Waals surface area contributed by atoms with E-state index in [0.717, 1.165) is 26.0 Å². The van der Waals surface area contributed by atoms with Crippen molar-refractivity contribution in [1.29, 1.82) is 0 Å². The molecule has 2 aromatic rings. The van der Waals surface area contributed by atoms with Crippen LogP contribution in [0.15, 0.2) is 28.2 Å². The van der Waals surface area contributed by atoms with Crippen LogP contribution in [0, 0.1) is 6.92 Å². The van der Waals surface area contributed by atoms with E-state index in [0.29, 0.717) is 0 Å². The molecular formula is C10H8BrClN2S. The maximum Gasteiger partial charge on any atom is 0.188 e. The Morgan fingerprint density at radius 2 is 2.27 bits per heavy atom. The van der Waals surface area contributed by atoms with E-state index in [1.165, 1.54) is 0 Å². The van der Waals surface area contributed by atoms with Crippen molar-refractivity contribution in [3.8, 4) is 0 Å². The monoisotopic (exact) mass is 302 g/mol. The molecule has 0 unspecified atom stereocenters. The van der Waals surface area contributed by atoms with Crippen LogP contribution in [0.5, 0.6) is 0 Å². The standard InChI is InChI=1S/C10H8BrClN2S/c1-6-7(12)3-2-4-8(6)13-10-14-9(11)5-15-10/h2-5H,1H3,(H,13,14). The molecule has 0 aliphatic carbocycles. The molecule has 2 rings (SSSR count). The lowest BCUT2D eigenvalue weighted by Crippen LogP contribution is -1.92. The van der Waals surface area contributed by atoms with Crippen molar-refractivity contribution < 1.29 is 0 Å². The SMILES string of the molecule is Cc1c(Cl)cccc1Nc1nc(Br)cs1. The fourth-order valence-electron chi connectivity index (χ4n) is 1.17. The summed E-state index contributed by atoms with van der Waals surface area (Å²) in [6, 6.07) is 5.77. The number of nitrogens with one attached hydrogen (secondary N) is 1. The number of thiazole rings is 1. The molecule has 0 aliphatic rings. The molecular weight excluding hydrogens is 296 g/mol. The highest BCUT2D eigenvalue weighted by Crippen LogP contribution is 2.28. The third kappa shape index (κ3) is 2.51. The quantitative estimate of drug-likeness (QED) is 0.876. The van der Waals surface area contributed by atoms with Gasteiger partial charge in [-0.05, 0) is 40.5 Å². The van der Waals surface area contributed by atoms with Gasteiger partial charge in [-0.15, -0.1) is 11.3 Å². The van der Waals surface area contributed by atoms with Gasteiger partial charge in [0.25, 0.3) is 0 Å². The van der Waals surface area contributed by atoms with Gasteiger partial charge in [-0.1, -0.05) is 17.7 Å². The zero-order valence-electron chi connectivity index (χ0n) is 7.92. The van der Waals surface area contributed by atoms with Gasteiger partial charge in [-0.3, -0.25) is 0 Å². The summed E-state index contributed by atoms with van der Waals surface area (Å²) in [5, 5.41) is 6.77. The van der Waals surface area contributed by atoms with Crippen molar-refractivity contribution >= 4 is 49.7 Å². The number of hydrogen-bond donors (Lipinski definition) is 1. The van der Waals surface area contributed by atoms with Crippen LogP contribution < -0.4 is 5.32 Å². The summed E-state index contributed by atoms with van der Waals surface area (Å²) in [7, 11) is 0. The minimum atomic E-state index is 0.760. The van der Waals surface area contributed by atoms with Gasteiger partial charge in [0.1, 0.15) is 4.60 Å². The lowest BCUT2D eigenvalue weighted by molar-refractivity contribution is 1.33. The summed E-state index contributed by atoms with van der Waals surface area (Å²) in [5.74, 6) is 0. The molecule has 0 aliphatic heterocycles. The average molecular weight is 304 g/mol. The maximum atomic E-state index is 6.02. The molecule has 0 radical (unpaired) electrons. The predicted molar refractivity (Wildman–Crippen MR) is 69.3 cm³/mol. The second kappa shape index (κ2) is 4.51. The van der Waals surface area contributed by atoms with Gasteiger partial charge in [0.05, 0.1) is 0 Å². The van der Waals surface area contributed by atoms with Gasteiger partial charge in [0.2, 0.25) is 0 Å². The Morgan fingerprint density at radius 1 is 1.47 bits per heavy atom. The molecule has 2 nitrogen and oxygen atoms in total. The Kier molecular flexibility index (Phi) is 3.29. The van der Waals surface area contributed by atoms with Crippen LogP contribution in [0.25, 0.3) is 0 Å². The van der Waals surface area contributed by atoms with Gasteiger partial charge in [-0.2, -0.15) is 0 Å². The molecule has 0 fully saturated rings. The van der Waals surface area contributed by atoms with Gasteiger partial charge in [0.15, 0.2) is 5.13 Å². The number of nitrogens with zero attached hydrogens (tertiary/aromatic N) is 1. The van der Waals surface area contributed by atoms with Gasteiger partial charge in [-0.25, -0.2) is 4.98 Å². The van der Waals surface area contributed by atoms with Gasteiger partial charge >= 0.3 is 0 Å². The Balaban J connectivity index is 2.28. The number of hydrogen-bond acceptors (Lipinski definition) is 3. The summed E-state index contributed by atoms with van der Waals surface area (Å²) >= 11 is 10.9. The van der Waals surface area contributed by atoms with E-state index in [4.69, 9.17) is 11.6 Å². The summed E-state index contributed by atoms with van der Waals surface area (Å²) < 4.78 is 0.842. The Labute approximate surface area is 105 Å². The van der Waals surface area contributed by atoms with Crippen molar-refractivity contribution in [2.24, 2.45) is 0 Å². The van der Waals surface area contributed by atoms with Crippen molar-refractivity contribution in [2.75, 3.05) is 5.32 Å². The number of halogens is 2. The van der Waals surface area contributed by atoms with Crippen LogP contribution in [-0.2, 0) is 0 Å². The molecule has 0 saturated carbocycles. The van der Waals surface area contributed by atoms with Crippen LogP contribution in [0.3, 0.4) is 0 Å². The summed E-state index contributed by atoms with van der Waals surface area (Å²) in [5.41, 5.74) is 2.02. The zero-order valence-corrected chi connectivity index (χ0v) is 11.1. The molecule has 1 N–H and O–H groups in total. The van der Waals surface area contributed by atoms with E-state index >= 15 is 0 Å². The fourth-order valence-corrected chi connectivity index (χ4v) is 2.50. The van der Waals surface area contributed by atoms with E-state index in [1.54, 1.807) is 11.3 Å². The molecule has 78 valence electrons. The molecule has 1 heterocycles. The lowest BCUT2D eigenvalue weighted by atomic mass is 10.2. The first-order chi connectivity index (χ1) is 7.16. The van der Waals surface area contributed by atoms with Crippen molar-refractivity contribution in [1.82, 2.24) is 4.98 Å². The van der Waals surface area contributed by atoms with Gasteiger partial charge in [0, 0.05) is 16.1 Å². The summed E-state index contributed by atoms with van der Waals surface area (Å²) in [6.07, 6.45) is 0. The maximum absolute atomic E-state index is 6.02.